The molecule has 0 bridgehead atoms. The van der Waals surface area contributed by atoms with Crippen LogP contribution in [0.15, 0.2) is 119 Å². The molecule has 0 fully saturated rings. The predicted octanol–water partition coefficient (Wildman–Crippen LogP) is 7.94. The first-order valence-corrected chi connectivity index (χ1v) is 10.1. The standard InChI is InChI=1S/C26H18OS/c1-2-10-22(11-3-1)27-23-13-15-24(16-14-23)28-26-12-6-9-21-17-19-7-4-5-8-20(19)18-25(21)26/h1-18H. The molecule has 0 saturated heterocycles. The van der Waals surface area contributed by atoms with Crippen LogP contribution in [0, 0.1) is 0 Å². The molecule has 134 valence electrons. The number of hydrogen-bond donors (Lipinski definition) is 0. The fraction of sp³-hybridized carbons (Fsp3) is 0. The summed E-state index contributed by atoms with van der Waals surface area (Å²) >= 11 is 1.79. The van der Waals surface area contributed by atoms with Gasteiger partial charge in [0.25, 0.3) is 0 Å². The Labute approximate surface area is 168 Å². The van der Waals surface area contributed by atoms with Gasteiger partial charge >= 0.3 is 0 Å². The number of benzene rings is 5. The van der Waals surface area contributed by atoms with E-state index in [1.165, 1.54) is 31.3 Å². The Hall–Kier alpha value is -3.23. The molecule has 0 aliphatic carbocycles. The molecule has 0 aliphatic heterocycles. The molecule has 0 atom stereocenters. The van der Waals surface area contributed by atoms with E-state index in [4.69, 9.17) is 4.74 Å². The quantitative estimate of drug-likeness (QED) is 0.294. The molecule has 5 aromatic rings. The maximum absolute atomic E-state index is 5.89. The van der Waals surface area contributed by atoms with Crippen molar-refractivity contribution in [3.05, 3.63) is 109 Å². The molecule has 1 nitrogen and oxygen atoms in total. The summed E-state index contributed by atoms with van der Waals surface area (Å²) in [7, 11) is 0. The van der Waals surface area contributed by atoms with Crippen LogP contribution in [0.3, 0.4) is 0 Å². The third-order valence-corrected chi connectivity index (χ3v) is 5.82. The fourth-order valence-electron chi connectivity index (χ4n) is 3.35. The molecular weight excluding hydrogens is 360 g/mol. The van der Waals surface area contributed by atoms with Crippen molar-refractivity contribution in [3.8, 4) is 11.5 Å². The smallest absolute Gasteiger partial charge is 0.127 e. The van der Waals surface area contributed by atoms with Crippen molar-refractivity contribution in [2.75, 3.05) is 0 Å². The highest BCUT2D eigenvalue weighted by Crippen LogP contribution is 2.36. The summed E-state index contributed by atoms with van der Waals surface area (Å²) in [5.74, 6) is 1.70. The Morgan fingerprint density at radius 2 is 1.14 bits per heavy atom. The van der Waals surface area contributed by atoms with E-state index >= 15 is 0 Å². The van der Waals surface area contributed by atoms with Gasteiger partial charge in [-0.15, -0.1) is 0 Å². The molecule has 5 aromatic carbocycles. The molecule has 0 spiro atoms. The summed E-state index contributed by atoms with van der Waals surface area (Å²) in [6.07, 6.45) is 0. The van der Waals surface area contributed by atoms with Gasteiger partial charge in [0.15, 0.2) is 0 Å². The van der Waals surface area contributed by atoms with Gasteiger partial charge in [0, 0.05) is 9.79 Å². The number of ether oxygens (including phenoxy) is 1. The summed E-state index contributed by atoms with van der Waals surface area (Å²) in [4.78, 5) is 2.46. The SMILES string of the molecule is c1ccc(Oc2ccc(Sc3cccc4cc5ccccc5cc34)cc2)cc1. The predicted molar refractivity (Wildman–Crippen MR) is 119 cm³/mol. The molecule has 0 heterocycles. The minimum Gasteiger partial charge on any atom is -0.457 e. The normalized spacial score (nSPS) is 11.0. The maximum atomic E-state index is 5.89. The number of rotatable bonds is 4. The second-order valence-corrected chi connectivity index (χ2v) is 7.78. The van der Waals surface area contributed by atoms with E-state index in [9.17, 15) is 0 Å². The van der Waals surface area contributed by atoms with E-state index in [1.807, 2.05) is 42.5 Å². The van der Waals surface area contributed by atoms with Crippen LogP contribution < -0.4 is 4.74 Å². The molecule has 0 aliphatic rings. The van der Waals surface area contributed by atoms with E-state index in [-0.39, 0.29) is 0 Å². The van der Waals surface area contributed by atoms with Crippen LogP contribution in [0.4, 0.5) is 0 Å². The summed E-state index contributed by atoms with van der Waals surface area (Å²) < 4.78 is 5.89. The number of hydrogen-bond acceptors (Lipinski definition) is 2. The lowest BCUT2D eigenvalue weighted by Gasteiger charge is -2.09. The van der Waals surface area contributed by atoms with Crippen LogP contribution in [0.1, 0.15) is 0 Å². The summed E-state index contributed by atoms with van der Waals surface area (Å²) in [5.41, 5.74) is 0. The van der Waals surface area contributed by atoms with Crippen molar-refractivity contribution in [2.45, 2.75) is 9.79 Å². The largest absolute Gasteiger partial charge is 0.457 e. The third-order valence-electron chi connectivity index (χ3n) is 4.74. The van der Waals surface area contributed by atoms with Crippen LogP contribution in [0.2, 0.25) is 0 Å². The van der Waals surface area contributed by atoms with Crippen LogP contribution in [-0.4, -0.2) is 0 Å². The average Bonchev–Trinajstić information content (AvgIpc) is 2.75. The molecular formula is C26H18OS. The number of fused-ring (bicyclic) bond motifs is 2. The molecule has 0 aromatic heterocycles. The summed E-state index contributed by atoms with van der Waals surface area (Å²) in [6.45, 7) is 0. The van der Waals surface area contributed by atoms with Gasteiger partial charge in [0.05, 0.1) is 0 Å². The Kier molecular flexibility index (Phi) is 4.48. The number of para-hydroxylation sites is 1. The van der Waals surface area contributed by atoms with Gasteiger partial charge in [-0.25, -0.2) is 0 Å². The first-order chi connectivity index (χ1) is 13.8. The Bertz CT molecular complexity index is 1240. The lowest BCUT2D eigenvalue weighted by Crippen LogP contribution is -1.84. The zero-order chi connectivity index (χ0) is 18.8. The first kappa shape index (κ1) is 16.9. The fourth-order valence-corrected chi connectivity index (χ4v) is 4.31. The molecule has 0 amide bonds. The Morgan fingerprint density at radius 1 is 0.500 bits per heavy atom. The highest BCUT2D eigenvalue weighted by molar-refractivity contribution is 7.99. The first-order valence-electron chi connectivity index (χ1n) is 9.27. The van der Waals surface area contributed by atoms with Gasteiger partial charge in [-0.05, 0) is 76.1 Å². The second-order valence-electron chi connectivity index (χ2n) is 6.67. The second kappa shape index (κ2) is 7.41. The molecule has 2 heteroatoms. The van der Waals surface area contributed by atoms with Gasteiger partial charge in [-0.1, -0.05) is 66.4 Å². The monoisotopic (exact) mass is 378 g/mol. The Morgan fingerprint density at radius 3 is 1.93 bits per heavy atom. The lowest BCUT2D eigenvalue weighted by molar-refractivity contribution is 0.482. The van der Waals surface area contributed by atoms with Gasteiger partial charge in [-0.2, -0.15) is 0 Å². The molecule has 0 radical (unpaired) electrons. The van der Waals surface area contributed by atoms with Crippen LogP contribution in [0.25, 0.3) is 21.5 Å². The van der Waals surface area contributed by atoms with E-state index in [2.05, 4.69) is 66.7 Å². The molecule has 0 unspecified atom stereocenters. The van der Waals surface area contributed by atoms with Gasteiger partial charge in [-0.3, -0.25) is 0 Å². The van der Waals surface area contributed by atoms with Gasteiger partial charge < -0.3 is 4.74 Å². The Balaban J connectivity index is 1.44. The van der Waals surface area contributed by atoms with E-state index < -0.39 is 0 Å². The van der Waals surface area contributed by atoms with Crippen molar-refractivity contribution in [2.24, 2.45) is 0 Å². The molecule has 0 N–H and O–H groups in total. The van der Waals surface area contributed by atoms with E-state index in [0.717, 1.165) is 11.5 Å². The van der Waals surface area contributed by atoms with Crippen LogP contribution in [-0.2, 0) is 0 Å². The van der Waals surface area contributed by atoms with Crippen molar-refractivity contribution in [1.29, 1.82) is 0 Å². The minimum atomic E-state index is 0.847. The average molecular weight is 378 g/mol. The van der Waals surface area contributed by atoms with Gasteiger partial charge in [0.2, 0.25) is 0 Å². The van der Waals surface area contributed by atoms with E-state index in [1.54, 1.807) is 11.8 Å². The lowest BCUT2D eigenvalue weighted by atomic mass is 10.0. The molecule has 5 rings (SSSR count). The zero-order valence-corrected chi connectivity index (χ0v) is 16.0. The van der Waals surface area contributed by atoms with Crippen LogP contribution in [0.5, 0.6) is 11.5 Å². The highest BCUT2D eigenvalue weighted by Gasteiger charge is 2.06. The van der Waals surface area contributed by atoms with Crippen LogP contribution >= 0.6 is 11.8 Å². The minimum absolute atomic E-state index is 0.847. The summed E-state index contributed by atoms with van der Waals surface area (Å²) in [5, 5.41) is 5.11. The molecule has 28 heavy (non-hydrogen) atoms. The summed E-state index contributed by atoms with van der Waals surface area (Å²) in [6, 6.07) is 37.7. The third kappa shape index (κ3) is 3.47. The van der Waals surface area contributed by atoms with Gasteiger partial charge in [0.1, 0.15) is 11.5 Å². The van der Waals surface area contributed by atoms with Crippen molar-refractivity contribution in [3.63, 3.8) is 0 Å². The topological polar surface area (TPSA) is 9.23 Å². The highest BCUT2D eigenvalue weighted by atomic mass is 32.2. The van der Waals surface area contributed by atoms with Crippen molar-refractivity contribution < 1.29 is 4.74 Å². The van der Waals surface area contributed by atoms with E-state index in [0.29, 0.717) is 0 Å². The van der Waals surface area contributed by atoms with Crippen molar-refractivity contribution in [1.82, 2.24) is 0 Å². The maximum Gasteiger partial charge on any atom is 0.127 e. The van der Waals surface area contributed by atoms with Crippen molar-refractivity contribution >= 4 is 33.3 Å². The zero-order valence-electron chi connectivity index (χ0n) is 15.2. The molecule has 0 saturated carbocycles.